The molecule has 122 valence electrons. The second kappa shape index (κ2) is 6.52. The molecule has 0 radical (unpaired) electrons. The van der Waals surface area contributed by atoms with Gasteiger partial charge in [0.1, 0.15) is 18.2 Å². The van der Waals surface area contributed by atoms with Gasteiger partial charge < -0.3 is 19.2 Å². The summed E-state index contributed by atoms with van der Waals surface area (Å²) in [6.07, 6.45) is -0.262. The summed E-state index contributed by atoms with van der Waals surface area (Å²) in [5.41, 5.74) is 0.665. The molecule has 0 bridgehead atoms. The molecule has 5 nitrogen and oxygen atoms in total. The maximum absolute atomic E-state index is 13.5. The number of carbonyl (C=O) groups is 1. The van der Waals surface area contributed by atoms with E-state index in [9.17, 15) is 14.3 Å². The van der Waals surface area contributed by atoms with Gasteiger partial charge in [-0.2, -0.15) is 0 Å². The minimum Gasteiger partial charge on any atom is -0.453 e. The summed E-state index contributed by atoms with van der Waals surface area (Å²) < 4.78 is 23.9. The van der Waals surface area contributed by atoms with Gasteiger partial charge in [-0.15, -0.1) is 0 Å². The van der Waals surface area contributed by atoms with Gasteiger partial charge in [-0.1, -0.05) is 12.1 Å². The van der Waals surface area contributed by atoms with Gasteiger partial charge in [-0.05, 0) is 36.2 Å². The van der Waals surface area contributed by atoms with E-state index in [2.05, 4.69) is 0 Å². The lowest BCUT2D eigenvalue weighted by Crippen LogP contribution is -2.31. The molecular formula is C17H18FNO4. The van der Waals surface area contributed by atoms with E-state index in [-0.39, 0.29) is 36.7 Å². The Morgan fingerprint density at radius 3 is 3.00 bits per heavy atom. The molecule has 1 N–H and O–H groups in total. The van der Waals surface area contributed by atoms with Crippen LogP contribution in [0.4, 0.5) is 4.39 Å². The molecule has 1 aromatic carbocycles. The van der Waals surface area contributed by atoms with Crippen LogP contribution in [0.25, 0.3) is 0 Å². The predicted octanol–water partition coefficient (Wildman–Crippen LogP) is 2.51. The first-order chi connectivity index (χ1) is 11.1. The number of rotatable bonds is 4. The molecule has 1 aliphatic heterocycles. The van der Waals surface area contributed by atoms with Gasteiger partial charge in [0, 0.05) is 13.7 Å². The van der Waals surface area contributed by atoms with Gasteiger partial charge in [-0.3, -0.25) is 4.79 Å². The Morgan fingerprint density at radius 2 is 2.26 bits per heavy atom. The van der Waals surface area contributed by atoms with Gasteiger partial charge in [0.15, 0.2) is 5.76 Å². The first kappa shape index (κ1) is 15.7. The van der Waals surface area contributed by atoms with Crippen molar-refractivity contribution in [1.82, 2.24) is 4.90 Å². The summed E-state index contributed by atoms with van der Waals surface area (Å²) >= 11 is 0. The molecule has 1 saturated heterocycles. The number of hydrogen-bond donors (Lipinski definition) is 1. The summed E-state index contributed by atoms with van der Waals surface area (Å²) in [6, 6.07) is 8.99. The van der Waals surface area contributed by atoms with Crippen molar-refractivity contribution in [2.45, 2.75) is 25.2 Å². The molecule has 1 amide bonds. The van der Waals surface area contributed by atoms with Crippen molar-refractivity contribution in [3.05, 3.63) is 59.3 Å². The second-order valence-corrected chi connectivity index (χ2v) is 5.62. The molecule has 1 fully saturated rings. The van der Waals surface area contributed by atoms with Crippen LogP contribution in [0.2, 0.25) is 0 Å². The normalized spacial score (nSPS) is 20.9. The molecule has 2 heterocycles. The number of aliphatic hydroxyl groups excluding tert-OH is 1. The van der Waals surface area contributed by atoms with Crippen LogP contribution in [-0.4, -0.2) is 35.7 Å². The van der Waals surface area contributed by atoms with Crippen LogP contribution in [0.5, 0.6) is 0 Å². The van der Waals surface area contributed by atoms with Crippen LogP contribution in [0, 0.1) is 5.82 Å². The van der Waals surface area contributed by atoms with E-state index in [0.29, 0.717) is 17.7 Å². The third-order valence-corrected chi connectivity index (χ3v) is 3.93. The SMILES string of the molecule is COCc1ccc(C(=O)N2C[C@@H](O)C[C@H]2c2cccc(F)c2)o1. The molecule has 0 unspecified atom stereocenters. The zero-order chi connectivity index (χ0) is 16.4. The zero-order valence-electron chi connectivity index (χ0n) is 12.7. The fraction of sp³-hybridized carbons (Fsp3) is 0.353. The number of carbonyl (C=O) groups excluding carboxylic acids is 1. The third kappa shape index (κ3) is 3.28. The number of furan rings is 1. The first-order valence-electron chi connectivity index (χ1n) is 7.40. The molecule has 6 heteroatoms. The van der Waals surface area contributed by atoms with Crippen molar-refractivity contribution in [2.24, 2.45) is 0 Å². The third-order valence-electron chi connectivity index (χ3n) is 3.93. The molecule has 2 atom stereocenters. The number of β-amino-alcohol motifs (C(OH)–C–C–N with tert-alkyl or cyclic N) is 1. The average Bonchev–Trinajstić information content (AvgIpc) is 3.14. The van der Waals surface area contributed by atoms with Crippen LogP contribution in [0.15, 0.2) is 40.8 Å². The second-order valence-electron chi connectivity index (χ2n) is 5.62. The zero-order valence-corrected chi connectivity index (χ0v) is 12.7. The Kier molecular flexibility index (Phi) is 4.45. The maximum atomic E-state index is 13.5. The molecule has 1 aliphatic rings. The van der Waals surface area contributed by atoms with Crippen LogP contribution >= 0.6 is 0 Å². The number of likely N-dealkylation sites (tertiary alicyclic amines) is 1. The average molecular weight is 319 g/mol. The Hall–Kier alpha value is -2.18. The van der Waals surface area contributed by atoms with Crippen molar-refractivity contribution >= 4 is 5.91 Å². The standard InChI is InChI=1S/C17H18FNO4/c1-22-10-14-5-6-16(23-14)17(21)19-9-13(20)8-15(19)11-3-2-4-12(18)7-11/h2-7,13,15,20H,8-10H2,1H3/t13-,15-/m0/s1. The highest BCUT2D eigenvalue weighted by Crippen LogP contribution is 2.33. The Labute approximate surface area is 133 Å². The van der Waals surface area contributed by atoms with Crippen LogP contribution in [0.3, 0.4) is 0 Å². The summed E-state index contributed by atoms with van der Waals surface area (Å²) in [7, 11) is 1.54. The van der Waals surface area contributed by atoms with Crippen molar-refractivity contribution in [3.8, 4) is 0 Å². The highest BCUT2D eigenvalue weighted by molar-refractivity contribution is 5.92. The van der Waals surface area contributed by atoms with E-state index >= 15 is 0 Å². The number of nitrogens with zero attached hydrogens (tertiary/aromatic N) is 1. The lowest BCUT2D eigenvalue weighted by molar-refractivity contribution is 0.0676. The van der Waals surface area contributed by atoms with E-state index in [1.165, 1.54) is 17.0 Å². The summed E-state index contributed by atoms with van der Waals surface area (Å²) in [5.74, 6) is 0.0558. The van der Waals surface area contributed by atoms with Crippen molar-refractivity contribution in [1.29, 1.82) is 0 Å². The molecule has 2 aromatic rings. The number of methoxy groups -OCH3 is 1. The summed E-state index contributed by atoms with van der Waals surface area (Å²) in [6.45, 7) is 0.476. The molecule has 3 rings (SSSR count). The maximum Gasteiger partial charge on any atom is 0.290 e. The Bertz CT molecular complexity index is 699. The number of ether oxygens (including phenoxy) is 1. The molecule has 0 saturated carbocycles. The minimum atomic E-state index is -0.638. The van der Waals surface area contributed by atoms with Gasteiger partial charge >= 0.3 is 0 Å². The smallest absolute Gasteiger partial charge is 0.290 e. The van der Waals surface area contributed by atoms with Crippen molar-refractivity contribution in [3.63, 3.8) is 0 Å². The summed E-state index contributed by atoms with van der Waals surface area (Å²) in [4.78, 5) is 14.2. The largest absolute Gasteiger partial charge is 0.453 e. The van der Waals surface area contributed by atoms with E-state index in [1.807, 2.05) is 0 Å². The van der Waals surface area contributed by atoms with Crippen molar-refractivity contribution in [2.75, 3.05) is 13.7 Å². The summed E-state index contributed by atoms with van der Waals surface area (Å²) in [5, 5.41) is 9.95. The number of halogens is 1. The van der Waals surface area contributed by atoms with Gasteiger partial charge in [-0.25, -0.2) is 4.39 Å². The topological polar surface area (TPSA) is 62.9 Å². The molecule has 1 aromatic heterocycles. The van der Waals surface area contributed by atoms with E-state index in [0.717, 1.165) is 0 Å². The Balaban J connectivity index is 1.85. The molecule has 0 spiro atoms. The number of hydrogen-bond acceptors (Lipinski definition) is 4. The molecule has 0 aliphatic carbocycles. The quantitative estimate of drug-likeness (QED) is 0.940. The fourth-order valence-corrected chi connectivity index (χ4v) is 2.92. The lowest BCUT2D eigenvalue weighted by Gasteiger charge is -2.23. The molecule has 23 heavy (non-hydrogen) atoms. The first-order valence-corrected chi connectivity index (χ1v) is 7.40. The monoisotopic (exact) mass is 319 g/mol. The number of amides is 1. The van der Waals surface area contributed by atoms with Crippen molar-refractivity contribution < 1.29 is 23.4 Å². The van der Waals surface area contributed by atoms with Gasteiger partial charge in [0.2, 0.25) is 0 Å². The molecular weight excluding hydrogens is 301 g/mol. The Morgan fingerprint density at radius 1 is 1.43 bits per heavy atom. The number of aliphatic hydroxyl groups is 1. The van der Waals surface area contributed by atoms with Crippen LogP contribution < -0.4 is 0 Å². The minimum absolute atomic E-state index is 0.188. The van der Waals surface area contributed by atoms with E-state index in [1.54, 1.807) is 31.4 Å². The number of benzene rings is 1. The predicted molar refractivity (Wildman–Crippen MR) is 80.2 cm³/mol. The highest BCUT2D eigenvalue weighted by Gasteiger charge is 2.36. The van der Waals surface area contributed by atoms with Crippen LogP contribution in [-0.2, 0) is 11.3 Å². The van der Waals surface area contributed by atoms with Crippen LogP contribution in [0.1, 0.15) is 34.3 Å². The van der Waals surface area contributed by atoms with E-state index < -0.39 is 6.10 Å². The van der Waals surface area contributed by atoms with Gasteiger partial charge in [0.05, 0.1) is 12.1 Å². The fourth-order valence-electron chi connectivity index (χ4n) is 2.92. The van der Waals surface area contributed by atoms with E-state index in [4.69, 9.17) is 9.15 Å². The van der Waals surface area contributed by atoms with Gasteiger partial charge in [0.25, 0.3) is 5.91 Å². The highest BCUT2D eigenvalue weighted by atomic mass is 19.1. The lowest BCUT2D eigenvalue weighted by atomic mass is 10.0.